The Morgan fingerprint density at radius 3 is 2.79 bits per heavy atom. The van der Waals surface area contributed by atoms with Crippen molar-refractivity contribution in [1.82, 2.24) is 19.5 Å². The van der Waals surface area contributed by atoms with Crippen LogP contribution in [0.5, 0.6) is 0 Å². The first kappa shape index (κ1) is 16.0. The predicted molar refractivity (Wildman–Crippen MR) is 86.3 cm³/mol. The highest BCUT2D eigenvalue weighted by atomic mass is 32.2. The summed E-state index contributed by atoms with van der Waals surface area (Å²) in [5.41, 5.74) is 7.06. The van der Waals surface area contributed by atoms with Crippen molar-refractivity contribution in [2.24, 2.45) is 0 Å². The van der Waals surface area contributed by atoms with Gasteiger partial charge in [-0.2, -0.15) is 0 Å². The third-order valence-corrected chi connectivity index (χ3v) is 4.74. The molecule has 10 heteroatoms. The second-order valence-electron chi connectivity index (χ2n) is 6.23. The topological polar surface area (TPSA) is 118 Å². The summed E-state index contributed by atoms with van der Waals surface area (Å²) >= 11 is 1.40. The van der Waals surface area contributed by atoms with Crippen molar-refractivity contribution < 1.29 is 19.3 Å². The van der Waals surface area contributed by atoms with E-state index >= 15 is 0 Å². The average Bonchev–Trinajstić information content (AvgIpc) is 3.17. The fourth-order valence-electron chi connectivity index (χ4n) is 3.23. The molecule has 24 heavy (non-hydrogen) atoms. The van der Waals surface area contributed by atoms with Crippen LogP contribution in [0.2, 0.25) is 0 Å². The second-order valence-corrected chi connectivity index (χ2v) is 7.01. The molecule has 2 aliphatic rings. The molecule has 0 spiro atoms. The first-order valence-corrected chi connectivity index (χ1v) is 8.82. The van der Waals surface area contributed by atoms with Gasteiger partial charge in [0.05, 0.1) is 12.9 Å². The molecule has 3 N–H and O–H groups in total. The lowest BCUT2D eigenvalue weighted by Gasteiger charge is -2.24. The van der Waals surface area contributed by atoms with Gasteiger partial charge in [-0.15, -0.1) is 0 Å². The molecule has 2 fully saturated rings. The first-order chi connectivity index (χ1) is 11.4. The summed E-state index contributed by atoms with van der Waals surface area (Å²) < 4.78 is 19.6. The summed E-state index contributed by atoms with van der Waals surface area (Å²) in [5.74, 6) is -0.417. The number of aromatic nitrogens is 4. The van der Waals surface area contributed by atoms with Crippen LogP contribution >= 0.6 is 11.8 Å². The molecule has 0 bridgehead atoms. The lowest BCUT2D eigenvalue weighted by Crippen LogP contribution is -2.31. The SMILES string of the molecule is CSc1nc(N)c2ncn(C3OC(CO)C4OC(C)(C)OC43)c2n1. The predicted octanol–water partition coefficient (Wildman–Crippen LogP) is 0.540. The fraction of sp³-hybridized carbons (Fsp3) is 0.643. The first-order valence-electron chi connectivity index (χ1n) is 7.59. The molecule has 2 aromatic heterocycles. The summed E-state index contributed by atoms with van der Waals surface area (Å²) in [6, 6.07) is 0. The van der Waals surface area contributed by atoms with Gasteiger partial charge < -0.3 is 25.1 Å². The number of nitrogen functional groups attached to an aromatic ring is 1. The van der Waals surface area contributed by atoms with Gasteiger partial charge in [0.15, 0.2) is 28.6 Å². The van der Waals surface area contributed by atoms with E-state index in [4.69, 9.17) is 19.9 Å². The average molecular weight is 353 g/mol. The van der Waals surface area contributed by atoms with Gasteiger partial charge >= 0.3 is 0 Å². The van der Waals surface area contributed by atoms with E-state index < -0.39 is 18.1 Å². The Morgan fingerprint density at radius 1 is 1.33 bits per heavy atom. The molecule has 0 aliphatic carbocycles. The molecule has 4 unspecified atom stereocenters. The zero-order valence-electron chi connectivity index (χ0n) is 13.5. The van der Waals surface area contributed by atoms with Crippen LogP contribution in [0, 0.1) is 0 Å². The number of nitrogens with zero attached hydrogens (tertiary/aromatic N) is 4. The van der Waals surface area contributed by atoms with Crippen LogP contribution < -0.4 is 5.73 Å². The van der Waals surface area contributed by atoms with Crippen molar-refractivity contribution in [2.75, 3.05) is 18.6 Å². The Balaban J connectivity index is 1.78. The molecule has 0 aromatic carbocycles. The summed E-state index contributed by atoms with van der Waals surface area (Å²) in [6.07, 6.45) is 1.77. The fourth-order valence-corrected chi connectivity index (χ4v) is 3.59. The number of aliphatic hydroxyl groups excluding tert-OH is 1. The third-order valence-electron chi connectivity index (χ3n) is 4.19. The maximum Gasteiger partial charge on any atom is 0.191 e. The van der Waals surface area contributed by atoms with E-state index in [2.05, 4.69) is 15.0 Å². The molecular formula is C14H19N5O4S. The number of hydrogen-bond donors (Lipinski definition) is 2. The van der Waals surface area contributed by atoms with E-state index in [-0.39, 0.29) is 18.8 Å². The van der Waals surface area contributed by atoms with E-state index in [1.165, 1.54) is 11.8 Å². The second kappa shape index (κ2) is 5.53. The van der Waals surface area contributed by atoms with Crippen molar-refractivity contribution in [3.8, 4) is 0 Å². The maximum atomic E-state index is 9.60. The number of fused-ring (bicyclic) bond motifs is 2. The largest absolute Gasteiger partial charge is 0.394 e. The Labute approximate surface area is 142 Å². The number of rotatable bonds is 3. The Bertz CT molecular complexity index is 782. The molecule has 0 radical (unpaired) electrons. The van der Waals surface area contributed by atoms with Crippen LogP contribution in [0.4, 0.5) is 5.82 Å². The summed E-state index contributed by atoms with van der Waals surface area (Å²) in [5, 5.41) is 10.2. The molecule has 9 nitrogen and oxygen atoms in total. The standard InChI is InChI=1S/C14H19N5O4S/c1-14(2)22-8-6(4-20)21-12(9(8)23-14)19-5-16-7-10(15)17-13(24-3)18-11(7)19/h5-6,8-9,12,20H,4H2,1-3H3,(H2,15,17,18). The molecule has 4 rings (SSSR count). The van der Waals surface area contributed by atoms with E-state index in [1.54, 1.807) is 10.9 Å². The Hall–Kier alpha value is -1.46. The van der Waals surface area contributed by atoms with Crippen LogP contribution in [0.3, 0.4) is 0 Å². The number of imidazole rings is 1. The molecule has 4 atom stereocenters. The van der Waals surface area contributed by atoms with E-state index in [0.29, 0.717) is 22.1 Å². The zero-order chi connectivity index (χ0) is 17.1. The van der Waals surface area contributed by atoms with Crippen LogP contribution in [-0.4, -0.2) is 61.6 Å². The molecule has 0 amide bonds. The minimum atomic E-state index is -0.736. The van der Waals surface area contributed by atoms with Gasteiger partial charge in [0.25, 0.3) is 0 Å². The minimum Gasteiger partial charge on any atom is -0.394 e. The lowest BCUT2D eigenvalue weighted by molar-refractivity contribution is -0.199. The number of aliphatic hydroxyl groups is 1. The van der Waals surface area contributed by atoms with E-state index in [1.807, 2.05) is 20.1 Å². The van der Waals surface area contributed by atoms with Crippen LogP contribution in [-0.2, 0) is 14.2 Å². The van der Waals surface area contributed by atoms with Crippen molar-refractivity contribution >= 4 is 28.7 Å². The highest BCUT2D eigenvalue weighted by molar-refractivity contribution is 7.98. The molecule has 4 heterocycles. The monoisotopic (exact) mass is 353 g/mol. The zero-order valence-corrected chi connectivity index (χ0v) is 14.4. The quantitative estimate of drug-likeness (QED) is 0.602. The van der Waals surface area contributed by atoms with Gasteiger partial charge in [-0.25, -0.2) is 15.0 Å². The Kier molecular flexibility index (Phi) is 3.69. The van der Waals surface area contributed by atoms with Crippen molar-refractivity contribution in [2.45, 2.75) is 49.3 Å². The smallest absolute Gasteiger partial charge is 0.191 e. The summed E-state index contributed by atoms with van der Waals surface area (Å²) in [6.45, 7) is 3.53. The van der Waals surface area contributed by atoms with Gasteiger partial charge in [0.2, 0.25) is 0 Å². The van der Waals surface area contributed by atoms with Gasteiger partial charge in [-0.3, -0.25) is 4.57 Å². The number of thioether (sulfide) groups is 1. The Morgan fingerprint density at radius 2 is 2.08 bits per heavy atom. The summed E-state index contributed by atoms with van der Waals surface area (Å²) in [4.78, 5) is 13.0. The molecule has 2 aliphatic heterocycles. The van der Waals surface area contributed by atoms with Gasteiger partial charge in [0, 0.05) is 0 Å². The van der Waals surface area contributed by atoms with Crippen LogP contribution in [0.25, 0.3) is 11.2 Å². The van der Waals surface area contributed by atoms with Crippen molar-refractivity contribution in [3.63, 3.8) is 0 Å². The molecule has 2 saturated heterocycles. The maximum absolute atomic E-state index is 9.60. The van der Waals surface area contributed by atoms with Crippen LogP contribution in [0.15, 0.2) is 11.5 Å². The van der Waals surface area contributed by atoms with Crippen LogP contribution in [0.1, 0.15) is 20.1 Å². The number of ether oxygens (including phenoxy) is 3. The minimum absolute atomic E-state index is 0.156. The third kappa shape index (κ3) is 2.37. The molecule has 2 aromatic rings. The molecular weight excluding hydrogens is 334 g/mol. The van der Waals surface area contributed by atoms with E-state index in [0.717, 1.165) is 0 Å². The molecule has 130 valence electrons. The summed E-state index contributed by atoms with van der Waals surface area (Å²) in [7, 11) is 0. The highest BCUT2D eigenvalue weighted by Gasteiger charge is 2.55. The number of hydrogen-bond acceptors (Lipinski definition) is 9. The number of anilines is 1. The van der Waals surface area contributed by atoms with Gasteiger partial charge in [0.1, 0.15) is 23.8 Å². The molecule has 0 saturated carbocycles. The lowest BCUT2D eigenvalue weighted by atomic mass is 10.1. The van der Waals surface area contributed by atoms with Gasteiger partial charge in [-0.05, 0) is 20.1 Å². The van der Waals surface area contributed by atoms with Gasteiger partial charge in [-0.1, -0.05) is 11.8 Å². The van der Waals surface area contributed by atoms with Crippen molar-refractivity contribution in [1.29, 1.82) is 0 Å². The number of nitrogens with two attached hydrogens (primary N) is 1. The normalized spacial score (nSPS) is 31.7. The van der Waals surface area contributed by atoms with Crippen molar-refractivity contribution in [3.05, 3.63) is 6.33 Å². The highest BCUT2D eigenvalue weighted by Crippen LogP contribution is 2.43. The van der Waals surface area contributed by atoms with E-state index in [9.17, 15) is 5.11 Å².